The van der Waals surface area contributed by atoms with E-state index in [2.05, 4.69) is 5.32 Å². The van der Waals surface area contributed by atoms with Gasteiger partial charge in [0.15, 0.2) is 0 Å². The lowest BCUT2D eigenvalue weighted by Crippen LogP contribution is -2.43. The fourth-order valence-corrected chi connectivity index (χ4v) is 5.29. The zero-order valence-corrected chi connectivity index (χ0v) is 20.3. The van der Waals surface area contributed by atoms with Gasteiger partial charge in [0.25, 0.3) is 0 Å². The van der Waals surface area contributed by atoms with Gasteiger partial charge in [0.2, 0.25) is 5.91 Å². The number of nitrogens with one attached hydrogen (secondary N) is 1. The van der Waals surface area contributed by atoms with Crippen molar-refractivity contribution in [3.63, 3.8) is 0 Å². The first-order valence-corrected chi connectivity index (χ1v) is 12.3. The zero-order valence-electron chi connectivity index (χ0n) is 20.3. The molecule has 3 aromatic carbocycles. The van der Waals surface area contributed by atoms with Gasteiger partial charge in [-0.05, 0) is 37.1 Å². The summed E-state index contributed by atoms with van der Waals surface area (Å²) in [5.41, 5.74) is 3.93. The van der Waals surface area contributed by atoms with Crippen LogP contribution in [-0.4, -0.2) is 17.7 Å². The summed E-state index contributed by atoms with van der Waals surface area (Å²) in [6.45, 7) is 2.00. The number of carbonyl (C=O) groups excluding carboxylic acids is 3. The normalized spacial score (nSPS) is 20.7. The number of allylic oxidation sites excluding steroid dienone is 1. The highest BCUT2D eigenvalue weighted by Gasteiger charge is 2.45. The van der Waals surface area contributed by atoms with Crippen molar-refractivity contribution >= 4 is 29.0 Å². The van der Waals surface area contributed by atoms with E-state index in [0.29, 0.717) is 17.1 Å². The molecule has 0 fully saturated rings. The number of ketones is 1. The molecule has 6 nitrogen and oxygen atoms in total. The van der Waals surface area contributed by atoms with Crippen LogP contribution < -0.4 is 15.3 Å². The summed E-state index contributed by atoms with van der Waals surface area (Å²) in [5, 5.41) is 14.5. The molecule has 7 heteroatoms. The highest BCUT2D eigenvalue weighted by atomic mass is 19.1. The van der Waals surface area contributed by atoms with Crippen LogP contribution in [-0.2, 0) is 14.4 Å². The molecule has 3 aromatic rings. The fourth-order valence-electron chi connectivity index (χ4n) is 5.29. The predicted molar refractivity (Wildman–Crippen MR) is 136 cm³/mol. The fraction of sp³-hybridized carbons (Fsp3) is 0.233. The van der Waals surface area contributed by atoms with E-state index in [4.69, 9.17) is 0 Å². The van der Waals surface area contributed by atoms with E-state index in [1.54, 1.807) is 42.5 Å². The van der Waals surface area contributed by atoms with Crippen LogP contribution >= 0.6 is 0 Å². The molecule has 3 atom stereocenters. The number of aliphatic carboxylic acids is 1. The average molecular weight is 498 g/mol. The highest BCUT2D eigenvalue weighted by molar-refractivity contribution is 6.02. The Morgan fingerprint density at radius 1 is 1.00 bits per heavy atom. The second-order valence-corrected chi connectivity index (χ2v) is 9.53. The SMILES string of the molecule is Cc1ccc(C2C=C3Nc4ccccc4N(C(=O)CCC(=O)[O-])C(c4ccccc4F)C3C(=O)C2)cc1. The summed E-state index contributed by atoms with van der Waals surface area (Å²) in [6, 6.07) is 20.1. The minimum absolute atomic E-state index is 0.130. The number of hydrogen-bond donors (Lipinski definition) is 1. The Balaban J connectivity index is 1.69. The van der Waals surface area contributed by atoms with E-state index < -0.39 is 36.1 Å². The summed E-state index contributed by atoms with van der Waals surface area (Å²) < 4.78 is 15.3. The molecular weight excluding hydrogens is 471 g/mol. The molecule has 2 aliphatic rings. The third-order valence-electron chi connectivity index (χ3n) is 7.06. The number of hydrogen-bond acceptors (Lipinski definition) is 5. The van der Waals surface area contributed by atoms with Crippen molar-refractivity contribution in [1.82, 2.24) is 0 Å². The summed E-state index contributed by atoms with van der Waals surface area (Å²) in [7, 11) is 0. The van der Waals surface area contributed by atoms with Gasteiger partial charge in [0.1, 0.15) is 11.6 Å². The van der Waals surface area contributed by atoms with Crippen molar-refractivity contribution < 1.29 is 23.9 Å². The number of amides is 1. The molecule has 188 valence electrons. The molecule has 1 heterocycles. The monoisotopic (exact) mass is 497 g/mol. The lowest BCUT2D eigenvalue weighted by molar-refractivity contribution is -0.305. The van der Waals surface area contributed by atoms with E-state index in [0.717, 1.165) is 11.1 Å². The van der Waals surface area contributed by atoms with Crippen LogP contribution in [0.2, 0.25) is 0 Å². The number of fused-ring (bicyclic) bond motifs is 2. The van der Waals surface area contributed by atoms with Crippen LogP contribution in [0.25, 0.3) is 0 Å². The molecule has 0 saturated carbocycles. The van der Waals surface area contributed by atoms with E-state index in [-0.39, 0.29) is 30.1 Å². The smallest absolute Gasteiger partial charge is 0.228 e. The minimum Gasteiger partial charge on any atom is -0.550 e. The standard InChI is InChI=1S/C30H27FN2O4/c1-18-10-12-19(13-11-18)20-16-24-29(26(34)17-20)30(21-6-2-3-7-22(21)31)33(27(35)14-15-28(36)37)25-9-5-4-8-23(25)32-24/h2-13,16,20,29-30,32H,14-15,17H2,1H3,(H,36,37)/p-1. The van der Waals surface area contributed by atoms with Crippen molar-refractivity contribution in [3.05, 3.63) is 107 Å². The van der Waals surface area contributed by atoms with Gasteiger partial charge in [0, 0.05) is 36.0 Å². The van der Waals surface area contributed by atoms with Crippen molar-refractivity contribution in [2.45, 2.75) is 38.1 Å². The van der Waals surface area contributed by atoms with Crippen molar-refractivity contribution in [2.75, 3.05) is 10.2 Å². The van der Waals surface area contributed by atoms with Crippen molar-refractivity contribution in [2.24, 2.45) is 5.92 Å². The van der Waals surface area contributed by atoms with E-state index in [1.807, 2.05) is 37.3 Å². The molecule has 0 saturated heterocycles. The Hall–Kier alpha value is -4.26. The number of carboxylic acids is 1. The number of anilines is 2. The highest BCUT2D eigenvalue weighted by Crippen LogP contribution is 2.48. The Bertz CT molecular complexity index is 1400. The number of aryl methyl sites for hydroxylation is 1. The summed E-state index contributed by atoms with van der Waals surface area (Å²) in [4.78, 5) is 40.0. The van der Waals surface area contributed by atoms with Gasteiger partial charge in [-0.25, -0.2) is 4.39 Å². The van der Waals surface area contributed by atoms with Crippen LogP contribution in [0, 0.1) is 18.7 Å². The quantitative estimate of drug-likeness (QED) is 0.564. The molecule has 1 aliphatic heterocycles. The maximum absolute atomic E-state index is 15.3. The number of para-hydroxylation sites is 2. The second kappa shape index (κ2) is 10.0. The van der Waals surface area contributed by atoms with Crippen LogP contribution in [0.5, 0.6) is 0 Å². The van der Waals surface area contributed by atoms with Gasteiger partial charge in [-0.3, -0.25) is 9.59 Å². The number of rotatable bonds is 5. The number of halogens is 1. The van der Waals surface area contributed by atoms with Gasteiger partial charge in [-0.15, -0.1) is 0 Å². The molecule has 1 amide bonds. The molecule has 5 rings (SSSR count). The maximum Gasteiger partial charge on any atom is 0.228 e. The maximum atomic E-state index is 15.3. The number of carbonyl (C=O) groups is 3. The third-order valence-corrected chi connectivity index (χ3v) is 7.06. The molecule has 0 aromatic heterocycles. The largest absolute Gasteiger partial charge is 0.550 e. The molecule has 0 bridgehead atoms. The summed E-state index contributed by atoms with van der Waals surface area (Å²) in [6.07, 6.45) is 1.37. The van der Waals surface area contributed by atoms with Crippen LogP contribution in [0.3, 0.4) is 0 Å². The van der Waals surface area contributed by atoms with Crippen molar-refractivity contribution in [3.8, 4) is 0 Å². The molecule has 37 heavy (non-hydrogen) atoms. The van der Waals surface area contributed by atoms with Gasteiger partial charge < -0.3 is 20.1 Å². The van der Waals surface area contributed by atoms with Crippen LogP contribution in [0.15, 0.2) is 84.6 Å². The zero-order chi connectivity index (χ0) is 26.1. The lowest BCUT2D eigenvalue weighted by Gasteiger charge is -2.38. The van der Waals surface area contributed by atoms with Crippen molar-refractivity contribution in [1.29, 1.82) is 0 Å². The number of nitrogens with zero attached hydrogens (tertiary/aromatic N) is 1. The topological polar surface area (TPSA) is 89.5 Å². The number of benzene rings is 3. The number of Topliss-reactive ketones (excluding diaryl/α,β-unsaturated/α-hetero) is 1. The van der Waals surface area contributed by atoms with Gasteiger partial charge in [-0.2, -0.15) is 0 Å². The number of carboxylic acid groups (broad SMARTS) is 1. The van der Waals surface area contributed by atoms with E-state index in [9.17, 15) is 19.5 Å². The molecule has 0 spiro atoms. The van der Waals surface area contributed by atoms with Crippen LogP contribution in [0.1, 0.15) is 47.9 Å². The van der Waals surface area contributed by atoms with Gasteiger partial charge >= 0.3 is 0 Å². The first-order chi connectivity index (χ1) is 17.8. The molecule has 3 unspecified atom stereocenters. The Morgan fingerprint density at radius 2 is 1.70 bits per heavy atom. The predicted octanol–water partition coefficient (Wildman–Crippen LogP) is 4.42. The molecule has 1 N–H and O–H groups in total. The Morgan fingerprint density at radius 3 is 2.43 bits per heavy atom. The summed E-state index contributed by atoms with van der Waals surface area (Å²) in [5.74, 6) is -3.60. The van der Waals surface area contributed by atoms with Crippen LogP contribution in [0.4, 0.5) is 15.8 Å². The minimum atomic E-state index is -1.35. The van der Waals surface area contributed by atoms with Gasteiger partial charge in [-0.1, -0.05) is 66.2 Å². The van der Waals surface area contributed by atoms with E-state index in [1.165, 1.54) is 11.0 Å². The first kappa shape index (κ1) is 24.4. The van der Waals surface area contributed by atoms with Gasteiger partial charge in [0.05, 0.1) is 23.3 Å². The first-order valence-electron chi connectivity index (χ1n) is 12.3. The van der Waals surface area contributed by atoms with E-state index >= 15 is 4.39 Å². The lowest BCUT2D eigenvalue weighted by atomic mass is 9.76. The second-order valence-electron chi connectivity index (χ2n) is 9.53. The Labute approximate surface area is 214 Å². The summed E-state index contributed by atoms with van der Waals surface area (Å²) >= 11 is 0. The molecular formula is C30H26FN2O4-. The third kappa shape index (κ3) is 4.77. The molecule has 1 aliphatic carbocycles. The average Bonchev–Trinajstić information content (AvgIpc) is 3.02. The molecule has 0 radical (unpaired) electrons. The Kier molecular flexibility index (Phi) is 6.61.